The highest BCUT2D eigenvalue weighted by Crippen LogP contribution is 2.09. The first-order valence-electron chi connectivity index (χ1n) is 4.36. The van der Waals surface area contributed by atoms with Crippen molar-refractivity contribution in [2.24, 2.45) is 0 Å². The van der Waals surface area contributed by atoms with Gasteiger partial charge in [-0.25, -0.2) is 0 Å². The Morgan fingerprint density at radius 3 is 2.69 bits per heavy atom. The van der Waals surface area contributed by atoms with Crippen molar-refractivity contribution >= 4 is 17.4 Å². The first-order valence-corrected chi connectivity index (χ1v) is 4.89. The molecule has 0 N–H and O–H groups in total. The van der Waals surface area contributed by atoms with Gasteiger partial charge in [0.1, 0.15) is 5.78 Å². The highest BCUT2D eigenvalue weighted by atomic mass is 35.5. The number of Topliss-reactive ketones (excluding diaryl/α,β-unsaturated/α-hetero) is 1. The fourth-order valence-corrected chi connectivity index (χ4v) is 1.37. The SMILES string of the molecule is Cc1ccccc1CCC(=O)CCl. The Balaban J connectivity index is 2.54. The summed E-state index contributed by atoms with van der Waals surface area (Å²) in [6.45, 7) is 2.06. The normalized spacial score (nSPS) is 10.0. The van der Waals surface area contributed by atoms with E-state index in [9.17, 15) is 4.79 Å². The van der Waals surface area contributed by atoms with Crippen molar-refractivity contribution < 1.29 is 4.79 Å². The molecule has 0 aromatic heterocycles. The third-order valence-corrected chi connectivity index (χ3v) is 2.38. The molecule has 1 aromatic carbocycles. The lowest BCUT2D eigenvalue weighted by molar-refractivity contribution is -0.116. The first-order chi connectivity index (χ1) is 6.24. The molecule has 0 radical (unpaired) electrons. The van der Waals surface area contributed by atoms with Crippen LogP contribution in [0.4, 0.5) is 0 Å². The molecule has 1 nitrogen and oxygen atoms in total. The molecule has 1 rings (SSSR count). The average Bonchev–Trinajstić information content (AvgIpc) is 2.16. The molecular weight excluding hydrogens is 184 g/mol. The van der Waals surface area contributed by atoms with E-state index in [1.54, 1.807) is 0 Å². The third-order valence-electron chi connectivity index (χ3n) is 2.08. The zero-order chi connectivity index (χ0) is 9.68. The lowest BCUT2D eigenvalue weighted by Crippen LogP contribution is -2.01. The smallest absolute Gasteiger partial charge is 0.147 e. The van der Waals surface area contributed by atoms with Crippen LogP contribution < -0.4 is 0 Å². The second-order valence-electron chi connectivity index (χ2n) is 3.10. The summed E-state index contributed by atoms with van der Waals surface area (Å²) < 4.78 is 0. The molecule has 2 heteroatoms. The minimum Gasteiger partial charge on any atom is -0.298 e. The number of alkyl halides is 1. The van der Waals surface area contributed by atoms with Gasteiger partial charge in [-0.15, -0.1) is 11.6 Å². The van der Waals surface area contributed by atoms with Crippen molar-refractivity contribution in [3.63, 3.8) is 0 Å². The average molecular weight is 197 g/mol. The number of aryl methyl sites for hydroxylation is 2. The van der Waals surface area contributed by atoms with Crippen LogP contribution in [0.2, 0.25) is 0 Å². The highest BCUT2D eigenvalue weighted by molar-refractivity contribution is 6.27. The first kappa shape index (κ1) is 10.3. The molecule has 0 fully saturated rings. The molecular formula is C11H13ClO. The van der Waals surface area contributed by atoms with Gasteiger partial charge in [-0.3, -0.25) is 4.79 Å². The van der Waals surface area contributed by atoms with Gasteiger partial charge >= 0.3 is 0 Å². The molecule has 1 aromatic rings. The van der Waals surface area contributed by atoms with E-state index >= 15 is 0 Å². The maximum absolute atomic E-state index is 11.0. The Morgan fingerprint density at radius 1 is 1.38 bits per heavy atom. The summed E-state index contributed by atoms with van der Waals surface area (Å²) in [7, 11) is 0. The molecule has 0 aliphatic rings. The standard InChI is InChI=1S/C11H13ClO/c1-9-4-2-3-5-10(9)6-7-11(13)8-12/h2-5H,6-8H2,1H3. The topological polar surface area (TPSA) is 17.1 Å². The van der Waals surface area contributed by atoms with E-state index in [1.165, 1.54) is 11.1 Å². The van der Waals surface area contributed by atoms with Gasteiger partial charge in [0.2, 0.25) is 0 Å². The van der Waals surface area contributed by atoms with Crippen molar-refractivity contribution in [3.8, 4) is 0 Å². The van der Waals surface area contributed by atoms with Gasteiger partial charge in [-0.05, 0) is 24.5 Å². The number of benzene rings is 1. The molecule has 0 amide bonds. The highest BCUT2D eigenvalue weighted by Gasteiger charge is 2.01. The van der Waals surface area contributed by atoms with Gasteiger partial charge in [0, 0.05) is 6.42 Å². The summed E-state index contributed by atoms with van der Waals surface area (Å²) in [6.07, 6.45) is 1.35. The number of hydrogen-bond acceptors (Lipinski definition) is 1. The minimum atomic E-state index is 0.116. The Labute approximate surface area is 83.7 Å². The number of carbonyl (C=O) groups excluding carboxylic acids is 1. The van der Waals surface area contributed by atoms with Crippen LogP contribution in [0.1, 0.15) is 17.5 Å². The molecule has 0 saturated carbocycles. The van der Waals surface area contributed by atoms with Crippen molar-refractivity contribution in [1.82, 2.24) is 0 Å². The largest absolute Gasteiger partial charge is 0.298 e. The third kappa shape index (κ3) is 3.19. The van der Waals surface area contributed by atoms with E-state index in [2.05, 4.69) is 19.1 Å². The monoisotopic (exact) mass is 196 g/mol. The Morgan fingerprint density at radius 2 is 2.08 bits per heavy atom. The Hall–Kier alpha value is -0.820. The second kappa shape index (κ2) is 5.03. The van der Waals surface area contributed by atoms with Crippen molar-refractivity contribution in [3.05, 3.63) is 35.4 Å². The van der Waals surface area contributed by atoms with Crippen LogP contribution in [-0.2, 0) is 11.2 Å². The predicted molar refractivity (Wildman–Crippen MR) is 55.2 cm³/mol. The molecule has 0 spiro atoms. The van der Waals surface area contributed by atoms with Gasteiger partial charge in [0.25, 0.3) is 0 Å². The fourth-order valence-electron chi connectivity index (χ4n) is 1.23. The second-order valence-corrected chi connectivity index (χ2v) is 3.37. The van der Waals surface area contributed by atoms with Crippen LogP contribution in [-0.4, -0.2) is 11.7 Å². The molecule has 0 bridgehead atoms. The number of ketones is 1. The summed E-state index contributed by atoms with van der Waals surface area (Å²) in [5.74, 6) is 0.247. The van der Waals surface area contributed by atoms with Crippen LogP contribution in [0.15, 0.2) is 24.3 Å². The maximum Gasteiger partial charge on any atom is 0.147 e. The molecule has 70 valence electrons. The van der Waals surface area contributed by atoms with Crippen molar-refractivity contribution in [2.75, 3.05) is 5.88 Å². The quantitative estimate of drug-likeness (QED) is 0.677. The summed E-state index contributed by atoms with van der Waals surface area (Å²) in [5.41, 5.74) is 2.48. The van der Waals surface area contributed by atoms with Crippen LogP contribution in [0.3, 0.4) is 0 Å². The summed E-state index contributed by atoms with van der Waals surface area (Å²) >= 11 is 5.41. The van der Waals surface area contributed by atoms with Crippen molar-refractivity contribution in [1.29, 1.82) is 0 Å². The maximum atomic E-state index is 11.0. The molecule has 0 heterocycles. The number of halogens is 1. The van der Waals surface area contributed by atoms with Gasteiger partial charge in [0.15, 0.2) is 0 Å². The van der Waals surface area contributed by atoms with Crippen LogP contribution in [0.25, 0.3) is 0 Å². The van der Waals surface area contributed by atoms with Crippen LogP contribution in [0, 0.1) is 6.92 Å². The molecule has 13 heavy (non-hydrogen) atoms. The van der Waals surface area contributed by atoms with Gasteiger partial charge in [-0.1, -0.05) is 24.3 Å². The van der Waals surface area contributed by atoms with E-state index in [4.69, 9.17) is 11.6 Å². The van der Waals surface area contributed by atoms with Gasteiger partial charge in [-0.2, -0.15) is 0 Å². The predicted octanol–water partition coefficient (Wildman–Crippen LogP) is 2.74. The molecule has 0 atom stereocenters. The molecule has 0 unspecified atom stereocenters. The lowest BCUT2D eigenvalue weighted by Gasteiger charge is -2.03. The summed E-state index contributed by atoms with van der Waals surface area (Å²) in [5, 5.41) is 0. The molecule has 0 aliphatic carbocycles. The number of hydrogen-bond donors (Lipinski definition) is 0. The van der Waals surface area contributed by atoms with E-state index in [-0.39, 0.29) is 11.7 Å². The van der Waals surface area contributed by atoms with E-state index in [1.807, 2.05) is 12.1 Å². The zero-order valence-electron chi connectivity index (χ0n) is 7.72. The van der Waals surface area contributed by atoms with E-state index in [0.29, 0.717) is 6.42 Å². The van der Waals surface area contributed by atoms with Gasteiger partial charge < -0.3 is 0 Å². The van der Waals surface area contributed by atoms with Crippen molar-refractivity contribution in [2.45, 2.75) is 19.8 Å². The van der Waals surface area contributed by atoms with Gasteiger partial charge in [0.05, 0.1) is 5.88 Å². The summed E-state index contributed by atoms with van der Waals surface area (Å²) in [6, 6.07) is 8.10. The van der Waals surface area contributed by atoms with E-state index in [0.717, 1.165) is 6.42 Å². The number of rotatable bonds is 4. The number of carbonyl (C=O) groups is 1. The Bertz CT molecular complexity index is 294. The van der Waals surface area contributed by atoms with Crippen LogP contribution in [0.5, 0.6) is 0 Å². The Kier molecular flexibility index (Phi) is 3.97. The molecule has 0 aliphatic heterocycles. The lowest BCUT2D eigenvalue weighted by atomic mass is 10.0. The zero-order valence-corrected chi connectivity index (χ0v) is 8.47. The minimum absolute atomic E-state index is 0.116. The fraction of sp³-hybridized carbons (Fsp3) is 0.364. The summed E-state index contributed by atoms with van der Waals surface area (Å²) in [4.78, 5) is 11.0. The van der Waals surface area contributed by atoms with E-state index < -0.39 is 0 Å². The molecule has 0 saturated heterocycles. The van der Waals surface area contributed by atoms with Crippen LogP contribution >= 0.6 is 11.6 Å².